The fraction of sp³-hybridized carbons (Fsp3) is 0. The molecule has 13 rings (SSSR count). The van der Waals surface area contributed by atoms with Gasteiger partial charge in [-0.1, -0.05) is 164 Å². The Kier molecular flexibility index (Phi) is 7.54. The molecule has 0 fully saturated rings. The Hall–Kier alpha value is -8.41. The first-order valence-corrected chi connectivity index (χ1v) is 20.9. The fourth-order valence-corrected chi connectivity index (χ4v) is 9.50. The van der Waals surface area contributed by atoms with E-state index in [9.17, 15) is 0 Å². The van der Waals surface area contributed by atoms with Crippen LogP contribution in [0, 0.1) is 0 Å². The van der Waals surface area contributed by atoms with E-state index in [1.165, 1.54) is 48.7 Å². The normalized spacial score (nSPS) is 11.9. The zero-order valence-electron chi connectivity index (χ0n) is 33.3. The molecular formula is C57H34N4O. The lowest BCUT2D eigenvalue weighted by Gasteiger charge is -2.12. The molecule has 0 spiro atoms. The lowest BCUT2D eigenvalue weighted by Crippen LogP contribution is -2.00. The molecule has 62 heavy (non-hydrogen) atoms. The standard InChI is InChI=1S/C57H34N4O/c1-2-14-39-34-42(24-23-35(39)11-1)56-58-55(59-57(60-56)48-20-10-22-51-53(48)46-19-7-8-21-50(46)62-51)41-16-9-15-40(33-41)36-25-29-43(30-26-36)61-49-32-28-37-12-3-5-17-44(37)52(49)47-31-27-38-13-4-6-18-45(38)54(47)61/h1-34H. The van der Waals surface area contributed by atoms with Crippen molar-refractivity contribution >= 4 is 76.1 Å². The summed E-state index contributed by atoms with van der Waals surface area (Å²) in [6.45, 7) is 0. The first kappa shape index (κ1) is 34.5. The van der Waals surface area contributed by atoms with E-state index in [0.29, 0.717) is 17.5 Å². The minimum atomic E-state index is 0.594. The number of fused-ring (bicyclic) bond motifs is 11. The van der Waals surface area contributed by atoms with Crippen LogP contribution in [0.1, 0.15) is 0 Å². The molecule has 13 aromatic rings. The van der Waals surface area contributed by atoms with Crippen LogP contribution in [-0.2, 0) is 0 Å². The largest absolute Gasteiger partial charge is 0.456 e. The molecule has 0 amide bonds. The van der Waals surface area contributed by atoms with Gasteiger partial charge in [0, 0.05) is 49.3 Å². The van der Waals surface area contributed by atoms with E-state index in [4.69, 9.17) is 19.4 Å². The Morgan fingerprint density at radius 2 is 0.935 bits per heavy atom. The summed E-state index contributed by atoms with van der Waals surface area (Å²) < 4.78 is 8.73. The minimum Gasteiger partial charge on any atom is -0.456 e. The number of rotatable bonds is 5. The smallest absolute Gasteiger partial charge is 0.164 e. The summed E-state index contributed by atoms with van der Waals surface area (Å²) in [4.78, 5) is 15.6. The first-order valence-electron chi connectivity index (χ1n) is 20.9. The van der Waals surface area contributed by atoms with Crippen LogP contribution in [-0.4, -0.2) is 19.5 Å². The van der Waals surface area contributed by atoms with Gasteiger partial charge in [-0.15, -0.1) is 0 Å². The predicted molar refractivity (Wildman–Crippen MR) is 256 cm³/mol. The highest BCUT2D eigenvalue weighted by atomic mass is 16.3. The van der Waals surface area contributed by atoms with E-state index in [0.717, 1.165) is 60.8 Å². The second kappa shape index (κ2) is 13.6. The number of benzene rings is 10. The van der Waals surface area contributed by atoms with Gasteiger partial charge >= 0.3 is 0 Å². The van der Waals surface area contributed by atoms with Crippen LogP contribution >= 0.6 is 0 Å². The van der Waals surface area contributed by atoms with E-state index >= 15 is 0 Å². The highest BCUT2D eigenvalue weighted by molar-refractivity contribution is 6.26. The van der Waals surface area contributed by atoms with E-state index in [1.54, 1.807) is 0 Å². The van der Waals surface area contributed by atoms with Crippen LogP contribution in [0.15, 0.2) is 211 Å². The lowest BCUT2D eigenvalue weighted by atomic mass is 10.0. The molecule has 0 aliphatic carbocycles. The summed E-state index contributed by atoms with van der Waals surface area (Å²) in [6.07, 6.45) is 0. The maximum atomic E-state index is 6.29. The molecule has 0 saturated heterocycles. The average molecular weight is 791 g/mol. The zero-order chi connectivity index (χ0) is 40.7. The van der Waals surface area contributed by atoms with E-state index in [2.05, 4.69) is 180 Å². The number of hydrogen-bond donors (Lipinski definition) is 0. The van der Waals surface area contributed by atoms with Gasteiger partial charge in [-0.05, 0) is 80.5 Å². The van der Waals surface area contributed by atoms with Crippen molar-refractivity contribution in [1.29, 1.82) is 0 Å². The molecule has 0 aliphatic heterocycles. The molecule has 0 radical (unpaired) electrons. The number of furan rings is 1. The van der Waals surface area contributed by atoms with E-state index < -0.39 is 0 Å². The maximum absolute atomic E-state index is 6.29. The van der Waals surface area contributed by atoms with Crippen LogP contribution in [0.3, 0.4) is 0 Å². The number of aromatic nitrogens is 4. The summed E-state index contributed by atoms with van der Waals surface area (Å²) in [5.41, 5.74) is 10.1. The summed E-state index contributed by atoms with van der Waals surface area (Å²) in [6, 6.07) is 72.9. The first-order chi connectivity index (χ1) is 30.7. The SMILES string of the molecule is c1cc(-c2ccc(-n3c4ccc5ccccc5c4c4ccc5ccccc5c43)cc2)cc(-c2nc(-c3ccc4ccccc4c3)nc(-c3cccc4oc5ccccc5c34)n2)c1. The summed E-state index contributed by atoms with van der Waals surface area (Å²) in [5, 5.41) is 11.8. The monoisotopic (exact) mass is 790 g/mol. The molecule has 0 aliphatic rings. The quantitative estimate of drug-likeness (QED) is 0.174. The number of hydrogen-bond acceptors (Lipinski definition) is 4. The summed E-state index contributed by atoms with van der Waals surface area (Å²) >= 11 is 0. The molecule has 10 aromatic carbocycles. The van der Waals surface area contributed by atoms with Gasteiger partial charge in [0.25, 0.3) is 0 Å². The fourth-order valence-electron chi connectivity index (χ4n) is 9.50. The van der Waals surface area contributed by atoms with Gasteiger partial charge in [0.15, 0.2) is 17.5 Å². The van der Waals surface area contributed by atoms with Crippen molar-refractivity contribution in [2.75, 3.05) is 0 Å². The van der Waals surface area contributed by atoms with Crippen LogP contribution in [0.2, 0.25) is 0 Å². The van der Waals surface area contributed by atoms with Crippen LogP contribution < -0.4 is 0 Å². The van der Waals surface area contributed by atoms with Gasteiger partial charge in [0.05, 0.1) is 11.0 Å². The van der Waals surface area contributed by atoms with Gasteiger partial charge in [-0.25, -0.2) is 15.0 Å². The van der Waals surface area contributed by atoms with Crippen molar-refractivity contribution < 1.29 is 4.42 Å². The molecular weight excluding hydrogens is 757 g/mol. The van der Waals surface area contributed by atoms with Crippen LogP contribution in [0.25, 0.3) is 127 Å². The molecule has 0 atom stereocenters. The zero-order valence-corrected chi connectivity index (χ0v) is 33.3. The van der Waals surface area contributed by atoms with Crippen molar-refractivity contribution in [3.63, 3.8) is 0 Å². The third-order valence-corrected chi connectivity index (χ3v) is 12.4. The van der Waals surface area contributed by atoms with Crippen molar-refractivity contribution in [3.05, 3.63) is 206 Å². The molecule has 288 valence electrons. The maximum Gasteiger partial charge on any atom is 0.164 e. The second-order valence-electron chi connectivity index (χ2n) is 16.0. The average Bonchev–Trinajstić information content (AvgIpc) is 3.90. The highest BCUT2D eigenvalue weighted by Gasteiger charge is 2.20. The molecule has 0 bridgehead atoms. The third-order valence-electron chi connectivity index (χ3n) is 12.4. The Labute approximate surface area is 355 Å². The van der Waals surface area contributed by atoms with Crippen molar-refractivity contribution in [2.45, 2.75) is 0 Å². The summed E-state index contributed by atoms with van der Waals surface area (Å²) in [5.74, 6) is 1.81. The Balaban J connectivity index is 0.956. The highest BCUT2D eigenvalue weighted by Crippen LogP contribution is 2.41. The van der Waals surface area contributed by atoms with Crippen molar-refractivity contribution in [2.24, 2.45) is 0 Å². The second-order valence-corrected chi connectivity index (χ2v) is 16.0. The van der Waals surface area contributed by atoms with Gasteiger partial charge in [0.2, 0.25) is 0 Å². The van der Waals surface area contributed by atoms with Crippen molar-refractivity contribution in [1.82, 2.24) is 19.5 Å². The third kappa shape index (κ3) is 5.38. The van der Waals surface area contributed by atoms with E-state index in [-0.39, 0.29) is 0 Å². The van der Waals surface area contributed by atoms with Gasteiger partial charge < -0.3 is 8.98 Å². The molecule has 5 nitrogen and oxygen atoms in total. The van der Waals surface area contributed by atoms with E-state index in [1.807, 2.05) is 30.3 Å². The summed E-state index contributed by atoms with van der Waals surface area (Å²) in [7, 11) is 0. The van der Waals surface area contributed by atoms with Crippen LogP contribution in [0.5, 0.6) is 0 Å². The van der Waals surface area contributed by atoms with Gasteiger partial charge in [-0.2, -0.15) is 0 Å². The topological polar surface area (TPSA) is 56.7 Å². The Morgan fingerprint density at radius 3 is 1.77 bits per heavy atom. The minimum absolute atomic E-state index is 0.594. The Bertz CT molecular complexity index is 3930. The molecule has 3 heterocycles. The van der Waals surface area contributed by atoms with Gasteiger partial charge in [-0.3, -0.25) is 0 Å². The van der Waals surface area contributed by atoms with Crippen molar-refractivity contribution in [3.8, 4) is 51.0 Å². The molecule has 3 aromatic heterocycles. The molecule has 0 saturated carbocycles. The molecule has 0 N–H and O–H groups in total. The van der Waals surface area contributed by atoms with Gasteiger partial charge in [0.1, 0.15) is 11.2 Å². The predicted octanol–water partition coefficient (Wildman–Crippen LogP) is 15.0. The number of para-hydroxylation sites is 1. The number of nitrogens with zero attached hydrogens (tertiary/aromatic N) is 4. The lowest BCUT2D eigenvalue weighted by molar-refractivity contribution is 0.669. The Morgan fingerprint density at radius 1 is 0.339 bits per heavy atom. The van der Waals surface area contributed by atoms with Crippen LogP contribution in [0.4, 0.5) is 0 Å². The molecule has 5 heteroatoms. The molecule has 0 unspecified atom stereocenters.